The highest BCUT2D eigenvalue weighted by atomic mass is 16.5. The van der Waals surface area contributed by atoms with Gasteiger partial charge in [0.05, 0.1) is 47.7 Å². The topological polar surface area (TPSA) is 64.4 Å². The monoisotopic (exact) mass is 365 g/mol. The lowest BCUT2D eigenvalue weighted by molar-refractivity contribution is -0.124. The summed E-state index contributed by atoms with van der Waals surface area (Å²) in [4.78, 5) is 27.6. The first kappa shape index (κ1) is 16.7. The molecule has 140 valence electrons. The van der Waals surface area contributed by atoms with Crippen molar-refractivity contribution in [2.24, 2.45) is 11.8 Å². The molecule has 1 aromatic heterocycles. The molecule has 2 bridgehead atoms. The number of ether oxygens (including phenoxy) is 1. The molecule has 4 atom stereocenters. The molecule has 3 aliphatic heterocycles. The standard InChI is InChI=1S/C21H23N3O3/c1-11-4-6-14(7-5-11)10-23-13(3)19(12(2)22-23)24-20(25)17-15-8-9-16(27-15)18(17)21(24)26/h4-7,15-18H,8-10H2,1-3H3/t15-,16-,17-,18-/m0/s1. The van der Waals surface area contributed by atoms with E-state index in [-0.39, 0.29) is 35.9 Å². The summed E-state index contributed by atoms with van der Waals surface area (Å²) < 4.78 is 7.71. The van der Waals surface area contributed by atoms with Gasteiger partial charge in [-0.1, -0.05) is 29.8 Å². The van der Waals surface area contributed by atoms with Gasteiger partial charge < -0.3 is 4.74 Å². The number of amides is 2. The minimum Gasteiger partial charge on any atom is -0.373 e. The van der Waals surface area contributed by atoms with E-state index in [9.17, 15) is 9.59 Å². The van der Waals surface area contributed by atoms with Gasteiger partial charge in [-0.05, 0) is 39.2 Å². The average Bonchev–Trinajstić information content (AvgIpc) is 3.37. The second-order valence-corrected chi connectivity index (χ2v) is 8.02. The van der Waals surface area contributed by atoms with Crippen molar-refractivity contribution in [2.75, 3.05) is 4.90 Å². The van der Waals surface area contributed by atoms with Crippen LogP contribution in [0.1, 0.15) is 35.4 Å². The molecule has 2 aromatic rings. The lowest BCUT2D eigenvalue weighted by Gasteiger charge is -2.18. The zero-order valence-corrected chi connectivity index (χ0v) is 15.8. The van der Waals surface area contributed by atoms with Crippen LogP contribution in [0.2, 0.25) is 0 Å². The molecule has 2 amide bonds. The summed E-state index contributed by atoms with van der Waals surface area (Å²) in [6, 6.07) is 8.31. The van der Waals surface area contributed by atoms with E-state index in [4.69, 9.17) is 4.74 Å². The maximum absolute atomic E-state index is 13.1. The molecule has 3 aliphatic rings. The van der Waals surface area contributed by atoms with Gasteiger partial charge in [0.2, 0.25) is 11.8 Å². The van der Waals surface area contributed by atoms with Crippen molar-refractivity contribution >= 4 is 17.5 Å². The number of hydrogen-bond acceptors (Lipinski definition) is 4. The van der Waals surface area contributed by atoms with E-state index in [1.165, 1.54) is 10.5 Å². The Labute approximate surface area is 158 Å². The van der Waals surface area contributed by atoms with Crippen LogP contribution in [-0.4, -0.2) is 33.8 Å². The molecule has 5 rings (SSSR count). The van der Waals surface area contributed by atoms with E-state index in [2.05, 4.69) is 36.3 Å². The fourth-order valence-corrected chi connectivity index (χ4v) is 4.96. The number of anilines is 1. The first-order valence-corrected chi connectivity index (χ1v) is 9.58. The summed E-state index contributed by atoms with van der Waals surface area (Å²) in [5.74, 6) is -0.845. The van der Waals surface area contributed by atoms with Gasteiger partial charge in [0, 0.05) is 0 Å². The Morgan fingerprint density at radius 2 is 1.59 bits per heavy atom. The minimum atomic E-state index is -0.310. The van der Waals surface area contributed by atoms with Crippen LogP contribution in [0.25, 0.3) is 0 Å². The Balaban J connectivity index is 1.49. The number of aryl methyl sites for hydroxylation is 2. The number of imide groups is 1. The maximum Gasteiger partial charge on any atom is 0.240 e. The minimum absolute atomic E-state index is 0.0929. The Morgan fingerprint density at radius 1 is 1.00 bits per heavy atom. The van der Waals surface area contributed by atoms with Crippen LogP contribution in [0.4, 0.5) is 5.69 Å². The fourth-order valence-electron chi connectivity index (χ4n) is 4.96. The molecule has 0 saturated carbocycles. The highest BCUT2D eigenvalue weighted by molar-refractivity contribution is 6.23. The molecule has 0 N–H and O–H groups in total. The summed E-state index contributed by atoms with van der Waals surface area (Å²) >= 11 is 0. The smallest absolute Gasteiger partial charge is 0.240 e. The lowest BCUT2D eigenvalue weighted by Crippen LogP contribution is -2.35. The average molecular weight is 365 g/mol. The molecule has 0 spiro atoms. The highest BCUT2D eigenvalue weighted by Crippen LogP contribution is 2.50. The third kappa shape index (κ3) is 2.32. The van der Waals surface area contributed by atoms with Crippen molar-refractivity contribution in [3.05, 3.63) is 46.8 Å². The van der Waals surface area contributed by atoms with E-state index in [0.29, 0.717) is 12.2 Å². The molecule has 0 aliphatic carbocycles. The maximum atomic E-state index is 13.1. The quantitative estimate of drug-likeness (QED) is 0.784. The van der Waals surface area contributed by atoms with Gasteiger partial charge in [-0.25, -0.2) is 4.90 Å². The van der Waals surface area contributed by atoms with Gasteiger partial charge in [0.25, 0.3) is 0 Å². The SMILES string of the molecule is Cc1ccc(Cn2nc(C)c(N3C(=O)[C@@H]4[C@@H](C3=O)[C@@H]3CC[C@@H]4O3)c2C)cc1. The normalized spacial score (nSPS) is 29.1. The number of fused-ring (bicyclic) bond motifs is 5. The van der Waals surface area contributed by atoms with Crippen molar-refractivity contribution < 1.29 is 14.3 Å². The van der Waals surface area contributed by atoms with Crippen LogP contribution >= 0.6 is 0 Å². The molecular formula is C21H23N3O3. The van der Waals surface area contributed by atoms with Crippen LogP contribution in [0, 0.1) is 32.6 Å². The number of carbonyl (C=O) groups is 2. The molecule has 1 aromatic carbocycles. The Morgan fingerprint density at radius 3 is 2.19 bits per heavy atom. The molecule has 6 nitrogen and oxygen atoms in total. The molecule has 3 saturated heterocycles. The van der Waals surface area contributed by atoms with Gasteiger partial charge in [-0.15, -0.1) is 0 Å². The molecule has 4 heterocycles. The van der Waals surface area contributed by atoms with Gasteiger partial charge in [-0.2, -0.15) is 5.10 Å². The zero-order valence-electron chi connectivity index (χ0n) is 15.8. The van der Waals surface area contributed by atoms with Crippen LogP contribution in [-0.2, 0) is 20.9 Å². The first-order valence-electron chi connectivity index (χ1n) is 9.58. The number of nitrogens with zero attached hydrogens (tertiary/aromatic N) is 3. The second kappa shape index (κ2) is 5.76. The van der Waals surface area contributed by atoms with Crippen molar-refractivity contribution in [3.8, 4) is 0 Å². The number of rotatable bonds is 3. The second-order valence-electron chi connectivity index (χ2n) is 8.02. The van der Waals surface area contributed by atoms with Crippen LogP contribution in [0.5, 0.6) is 0 Å². The number of hydrogen-bond donors (Lipinski definition) is 0. The lowest BCUT2D eigenvalue weighted by atomic mass is 9.81. The summed E-state index contributed by atoms with van der Waals surface area (Å²) in [5, 5.41) is 4.63. The van der Waals surface area contributed by atoms with Gasteiger partial charge in [-0.3, -0.25) is 14.3 Å². The molecule has 27 heavy (non-hydrogen) atoms. The molecule has 0 radical (unpaired) electrons. The summed E-state index contributed by atoms with van der Waals surface area (Å²) in [6.07, 6.45) is 1.57. The Bertz CT molecular complexity index is 918. The summed E-state index contributed by atoms with van der Waals surface area (Å²) in [5.41, 5.74) is 4.58. The third-order valence-corrected chi connectivity index (χ3v) is 6.30. The van der Waals surface area contributed by atoms with E-state index < -0.39 is 0 Å². The number of aromatic nitrogens is 2. The summed E-state index contributed by atoms with van der Waals surface area (Å²) in [6.45, 7) is 6.48. The van der Waals surface area contributed by atoms with E-state index >= 15 is 0 Å². The Hall–Kier alpha value is -2.47. The van der Waals surface area contributed by atoms with Gasteiger partial charge >= 0.3 is 0 Å². The number of benzene rings is 1. The van der Waals surface area contributed by atoms with Crippen LogP contribution in [0.3, 0.4) is 0 Å². The largest absolute Gasteiger partial charge is 0.373 e. The van der Waals surface area contributed by atoms with Crippen molar-refractivity contribution in [3.63, 3.8) is 0 Å². The van der Waals surface area contributed by atoms with Crippen molar-refractivity contribution in [1.82, 2.24) is 9.78 Å². The Kier molecular flexibility index (Phi) is 3.56. The first-order chi connectivity index (χ1) is 13.0. The van der Waals surface area contributed by atoms with E-state index in [1.807, 2.05) is 18.5 Å². The van der Waals surface area contributed by atoms with E-state index in [0.717, 1.165) is 29.8 Å². The fraction of sp³-hybridized carbons (Fsp3) is 0.476. The molecule has 6 heteroatoms. The van der Waals surface area contributed by atoms with E-state index in [1.54, 1.807) is 0 Å². The highest BCUT2D eigenvalue weighted by Gasteiger charge is 2.63. The third-order valence-electron chi connectivity index (χ3n) is 6.30. The predicted octanol–water partition coefficient (Wildman–Crippen LogP) is 2.52. The van der Waals surface area contributed by atoms with Crippen LogP contribution in [0.15, 0.2) is 24.3 Å². The van der Waals surface area contributed by atoms with Gasteiger partial charge in [0.1, 0.15) is 0 Å². The zero-order chi connectivity index (χ0) is 18.9. The molecule has 0 unspecified atom stereocenters. The summed E-state index contributed by atoms with van der Waals surface area (Å²) in [7, 11) is 0. The van der Waals surface area contributed by atoms with Crippen molar-refractivity contribution in [1.29, 1.82) is 0 Å². The number of carbonyl (C=O) groups excluding carboxylic acids is 2. The van der Waals surface area contributed by atoms with Crippen LogP contribution < -0.4 is 4.90 Å². The van der Waals surface area contributed by atoms with Gasteiger partial charge in [0.15, 0.2) is 0 Å². The predicted molar refractivity (Wildman–Crippen MR) is 99.4 cm³/mol. The molecular weight excluding hydrogens is 342 g/mol. The molecule has 3 fully saturated rings. The van der Waals surface area contributed by atoms with Crippen molar-refractivity contribution in [2.45, 2.75) is 52.4 Å².